The molecule has 1 aromatic rings. The predicted molar refractivity (Wildman–Crippen MR) is 55.7 cm³/mol. The SMILES string of the molecule is N[C@H](c1ccc(F)cc1Cl)C1CCC1. The van der Waals surface area contributed by atoms with Crippen molar-refractivity contribution in [2.75, 3.05) is 0 Å². The second-order valence-corrected chi connectivity index (χ2v) is 4.29. The lowest BCUT2D eigenvalue weighted by atomic mass is 9.77. The molecule has 76 valence electrons. The fourth-order valence-corrected chi connectivity index (χ4v) is 2.12. The van der Waals surface area contributed by atoms with E-state index in [2.05, 4.69) is 0 Å². The third-order valence-electron chi connectivity index (χ3n) is 2.98. The van der Waals surface area contributed by atoms with E-state index in [-0.39, 0.29) is 11.9 Å². The average molecular weight is 214 g/mol. The van der Waals surface area contributed by atoms with Crippen LogP contribution in [0.1, 0.15) is 30.9 Å². The number of rotatable bonds is 2. The maximum atomic E-state index is 12.8. The number of hydrogen-bond donors (Lipinski definition) is 1. The summed E-state index contributed by atoms with van der Waals surface area (Å²) in [5, 5.41) is 0.449. The fourth-order valence-electron chi connectivity index (χ4n) is 1.82. The summed E-state index contributed by atoms with van der Waals surface area (Å²) in [5.74, 6) is 0.220. The Labute approximate surface area is 88.1 Å². The number of hydrogen-bond acceptors (Lipinski definition) is 1. The topological polar surface area (TPSA) is 26.0 Å². The molecule has 14 heavy (non-hydrogen) atoms. The molecule has 2 rings (SSSR count). The van der Waals surface area contributed by atoms with E-state index in [4.69, 9.17) is 17.3 Å². The fraction of sp³-hybridized carbons (Fsp3) is 0.455. The lowest BCUT2D eigenvalue weighted by molar-refractivity contribution is 0.264. The second kappa shape index (κ2) is 3.87. The molecule has 1 atom stereocenters. The largest absolute Gasteiger partial charge is 0.324 e. The summed E-state index contributed by atoms with van der Waals surface area (Å²) < 4.78 is 12.8. The number of halogens is 2. The van der Waals surface area contributed by atoms with Crippen LogP contribution in [-0.4, -0.2) is 0 Å². The monoisotopic (exact) mass is 213 g/mol. The smallest absolute Gasteiger partial charge is 0.124 e. The van der Waals surface area contributed by atoms with Gasteiger partial charge in [-0.1, -0.05) is 24.1 Å². The van der Waals surface area contributed by atoms with Crippen LogP contribution in [0.15, 0.2) is 18.2 Å². The van der Waals surface area contributed by atoms with E-state index in [1.165, 1.54) is 18.6 Å². The van der Waals surface area contributed by atoms with Gasteiger partial charge in [-0.2, -0.15) is 0 Å². The molecular weight excluding hydrogens is 201 g/mol. The molecule has 0 heterocycles. The molecule has 1 saturated carbocycles. The maximum Gasteiger partial charge on any atom is 0.124 e. The van der Waals surface area contributed by atoms with Gasteiger partial charge in [0, 0.05) is 11.1 Å². The summed E-state index contributed by atoms with van der Waals surface area (Å²) in [7, 11) is 0. The zero-order chi connectivity index (χ0) is 10.1. The molecule has 1 aliphatic carbocycles. The van der Waals surface area contributed by atoms with E-state index in [9.17, 15) is 4.39 Å². The first-order valence-electron chi connectivity index (χ1n) is 4.89. The van der Waals surface area contributed by atoms with Crippen molar-refractivity contribution >= 4 is 11.6 Å². The van der Waals surface area contributed by atoms with Crippen molar-refractivity contribution in [2.45, 2.75) is 25.3 Å². The lowest BCUT2D eigenvalue weighted by Gasteiger charge is -2.31. The van der Waals surface area contributed by atoms with Crippen LogP contribution in [0.5, 0.6) is 0 Å². The zero-order valence-corrected chi connectivity index (χ0v) is 8.60. The van der Waals surface area contributed by atoms with Gasteiger partial charge in [0.15, 0.2) is 0 Å². The van der Waals surface area contributed by atoms with Crippen molar-refractivity contribution in [1.29, 1.82) is 0 Å². The third-order valence-corrected chi connectivity index (χ3v) is 3.31. The van der Waals surface area contributed by atoms with Gasteiger partial charge in [-0.15, -0.1) is 0 Å². The summed E-state index contributed by atoms with van der Waals surface area (Å²) in [6.45, 7) is 0. The van der Waals surface area contributed by atoms with Gasteiger partial charge < -0.3 is 5.73 Å². The number of benzene rings is 1. The van der Waals surface area contributed by atoms with Crippen LogP contribution in [0.25, 0.3) is 0 Å². The molecule has 2 N–H and O–H groups in total. The first kappa shape index (κ1) is 9.94. The first-order valence-corrected chi connectivity index (χ1v) is 5.27. The summed E-state index contributed by atoms with van der Waals surface area (Å²) in [6, 6.07) is 4.41. The first-order chi connectivity index (χ1) is 6.68. The van der Waals surface area contributed by atoms with Crippen molar-refractivity contribution in [3.63, 3.8) is 0 Å². The van der Waals surface area contributed by atoms with Gasteiger partial charge in [0.2, 0.25) is 0 Å². The molecular formula is C11H13ClFN. The zero-order valence-electron chi connectivity index (χ0n) is 7.84. The minimum atomic E-state index is -0.306. The van der Waals surface area contributed by atoms with Crippen molar-refractivity contribution < 1.29 is 4.39 Å². The Morgan fingerprint density at radius 3 is 2.64 bits per heavy atom. The molecule has 1 aromatic carbocycles. The number of nitrogens with two attached hydrogens (primary N) is 1. The summed E-state index contributed by atoms with van der Waals surface area (Å²) in [5.41, 5.74) is 6.92. The normalized spacial score (nSPS) is 19.1. The highest BCUT2D eigenvalue weighted by Crippen LogP contribution is 2.38. The average Bonchev–Trinajstić information content (AvgIpc) is 2.00. The maximum absolute atomic E-state index is 12.8. The Bertz CT molecular complexity index is 336. The minimum Gasteiger partial charge on any atom is -0.324 e. The van der Waals surface area contributed by atoms with Crippen LogP contribution in [0.4, 0.5) is 4.39 Å². The van der Waals surface area contributed by atoms with Gasteiger partial charge in [0.1, 0.15) is 5.82 Å². The molecule has 0 saturated heterocycles. The standard InChI is InChI=1S/C11H13ClFN/c12-10-6-8(13)4-5-9(10)11(14)7-2-1-3-7/h4-7,11H,1-3,14H2/t11-/m0/s1. The highest BCUT2D eigenvalue weighted by Gasteiger charge is 2.26. The minimum absolute atomic E-state index is 0.0307. The van der Waals surface area contributed by atoms with E-state index >= 15 is 0 Å². The summed E-state index contributed by atoms with van der Waals surface area (Å²) >= 11 is 5.93. The van der Waals surface area contributed by atoms with Gasteiger partial charge in [-0.25, -0.2) is 4.39 Å². The van der Waals surface area contributed by atoms with Crippen molar-refractivity contribution in [3.8, 4) is 0 Å². The second-order valence-electron chi connectivity index (χ2n) is 3.88. The van der Waals surface area contributed by atoms with Gasteiger partial charge in [0.05, 0.1) is 0 Å². The van der Waals surface area contributed by atoms with E-state index < -0.39 is 0 Å². The molecule has 0 aromatic heterocycles. The van der Waals surface area contributed by atoms with Gasteiger partial charge in [-0.05, 0) is 36.5 Å². The summed E-state index contributed by atoms with van der Waals surface area (Å²) in [6.07, 6.45) is 3.57. The Morgan fingerprint density at radius 1 is 1.43 bits per heavy atom. The van der Waals surface area contributed by atoms with Crippen molar-refractivity contribution in [3.05, 3.63) is 34.6 Å². The lowest BCUT2D eigenvalue weighted by Crippen LogP contribution is -2.27. The Hall–Kier alpha value is -0.600. The van der Waals surface area contributed by atoms with Gasteiger partial charge >= 0.3 is 0 Å². The Morgan fingerprint density at radius 2 is 2.14 bits per heavy atom. The molecule has 0 aliphatic heterocycles. The quantitative estimate of drug-likeness (QED) is 0.802. The molecule has 0 amide bonds. The van der Waals surface area contributed by atoms with Crippen LogP contribution in [0, 0.1) is 11.7 Å². The van der Waals surface area contributed by atoms with E-state index in [0.717, 1.165) is 18.4 Å². The Kier molecular flexibility index (Phi) is 2.75. The molecule has 1 nitrogen and oxygen atoms in total. The highest BCUT2D eigenvalue weighted by atomic mass is 35.5. The van der Waals surface area contributed by atoms with Crippen LogP contribution in [0.2, 0.25) is 5.02 Å². The van der Waals surface area contributed by atoms with Crippen LogP contribution >= 0.6 is 11.6 Å². The van der Waals surface area contributed by atoms with Gasteiger partial charge in [-0.3, -0.25) is 0 Å². The summed E-state index contributed by atoms with van der Waals surface area (Å²) in [4.78, 5) is 0. The van der Waals surface area contributed by atoms with Crippen LogP contribution in [-0.2, 0) is 0 Å². The molecule has 0 spiro atoms. The molecule has 3 heteroatoms. The molecule has 0 bridgehead atoms. The van der Waals surface area contributed by atoms with Crippen molar-refractivity contribution in [2.24, 2.45) is 11.7 Å². The highest BCUT2D eigenvalue weighted by molar-refractivity contribution is 6.31. The van der Waals surface area contributed by atoms with Gasteiger partial charge in [0.25, 0.3) is 0 Å². The van der Waals surface area contributed by atoms with Crippen LogP contribution < -0.4 is 5.73 Å². The molecule has 0 radical (unpaired) electrons. The molecule has 0 unspecified atom stereocenters. The third kappa shape index (κ3) is 1.77. The van der Waals surface area contributed by atoms with Crippen molar-refractivity contribution in [1.82, 2.24) is 0 Å². The van der Waals surface area contributed by atoms with E-state index in [0.29, 0.717) is 10.9 Å². The van der Waals surface area contributed by atoms with Crippen LogP contribution in [0.3, 0.4) is 0 Å². The Balaban J connectivity index is 2.22. The van der Waals surface area contributed by atoms with E-state index in [1.54, 1.807) is 6.07 Å². The molecule has 1 aliphatic rings. The predicted octanol–water partition coefficient (Wildman–Crippen LogP) is 3.28. The molecule has 1 fully saturated rings. The van der Waals surface area contributed by atoms with E-state index in [1.807, 2.05) is 0 Å².